The molecule has 1 aromatic rings. The average Bonchev–Trinajstić information content (AvgIpc) is 2.47. The highest BCUT2D eigenvalue weighted by Crippen LogP contribution is 2.38. The SMILES string of the molecule is C=CCC[C@@H](c1c(F)ccc(Br)c1O)N1CCNCC1.Cl.Cl. The number of allylic oxidation sites excluding steroid dienone is 1. The molecule has 7 heteroatoms. The van der Waals surface area contributed by atoms with Crippen LogP contribution in [0.2, 0.25) is 0 Å². The Balaban J connectivity index is 0.00000220. The van der Waals surface area contributed by atoms with E-state index in [9.17, 15) is 9.50 Å². The summed E-state index contributed by atoms with van der Waals surface area (Å²) in [6.07, 6.45) is 3.38. The summed E-state index contributed by atoms with van der Waals surface area (Å²) in [6, 6.07) is 2.83. The van der Waals surface area contributed by atoms with Crippen molar-refractivity contribution >= 4 is 40.7 Å². The zero-order valence-electron chi connectivity index (χ0n) is 12.2. The van der Waals surface area contributed by atoms with Gasteiger partial charge in [-0.15, -0.1) is 31.4 Å². The molecule has 1 aliphatic rings. The minimum Gasteiger partial charge on any atom is -0.506 e. The molecule has 1 heterocycles. The quantitative estimate of drug-likeness (QED) is 0.712. The summed E-state index contributed by atoms with van der Waals surface area (Å²) in [6.45, 7) is 7.23. The molecule has 126 valence electrons. The van der Waals surface area contributed by atoms with E-state index in [-0.39, 0.29) is 42.4 Å². The normalized spacial score (nSPS) is 16.3. The second kappa shape index (κ2) is 10.4. The maximum atomic E-state index is 14.2. The predicted molar refractivity (Wildman–Crippen MR) is 96.9 cm³/mol. The molecular formula is C15H22BrCl2FN2O. The van der Waals surface area contributed by atoms with E-state index in [4.69, 9.17) is 0 Å². The fourth-order valence-electron chi connectivity index (χ4n) is 2.65. The molecule has 0 bridgehead atoms. The Labute approximate surface area is 151 Å². The summed E-state index contributed by atoms with van der Waals surface area (Å²) < 4.78 is 14.7. The number of nitrogens with zero attached hydrogens (tertiary/aromatic N) is 1. The number of benzene rings is 1. The van der Waals surface area contributed by atoms with Crippen LogP contribution in [-0.4, -0.2) is 36.2 Å². The summed E-state index contributed by atoms with van der Waals surface area (Å²) in [7, 11) is 0. The summed E-state index contributed by atoms with van der Waals surface area (Å²) in [5, 5.41) is 13.5. The van der Waals surface area contributed by atoms with Crippen LogP contribution in [0.4, 0.5) is 4.39 Å². The highest BCUT2D eigenvalue weighted by atomic mass is 79.9. The van der Waals surface area contributed by atoms with Gasteiger partial charge in [-0.05, 0) is 40.9 Å². The second-order valence-corrected chi connectivity index (χ2v) is 5.81. The molecule has 1 aromatic carbocycles. The summed E-state index contributed by atoms with van der Waals surface area (Å²) in [5.74, 6) is -0.337. The topological polar surface area (TPSA) is 35.5 Å². The smallest absolute Gasteiger partial charge is 0.137 e. The van der Waals surface area contributed by atoms with Crippen molar-refractivity contribution in [3.63, 3.8) is 0 Å². The molecule has 1 fully saturated rings. The highest BCUT2D eigenvalue weighted by molar-refractivity contribution is 9.10. The molecule has 0 spiro atoms. The van der Waals surface area contributed by atoms with Gasteiger partial charge in [-0.1, -0.05) is 6.08 Å². The number of hydrogen-bond acceptors (Lipinski definition) is 3. The molecule has 3 nitrogen and oxygen atoms in total. The fraction of sp³-hybridized carbons (Fsp3) is 0.467. The molecule has 22 heavy (non-hydrogen) atoms. The van der Waals surface area contributed by atoms with Gasteiger partial charge in [-0.25, -0.2) is 4.39 Å². The Kier molecular flexibility index (Phi) is 10.3. The van der Waals surface area contributed by atoms with Crippen molar-refractivity contribution in [2.45, 2.75) is 18.9 Å². The van der Waals surface area contributed by atoms with Gasteiger partial charge in [-0.3, -0.25) is 4.90 Å². The molecule has 1 atom stereocenters. The largest absolute Gasteiger partial charge is 0.506 e. The molecular weight excluding hydrogens is 394 g/mol. The van der Waals surface area contributed by atoms with Crippen molar-refractivity contribution in [1.82, 2.24) is 10.2 Å². The van der Waals surface area contributed by atoms with Crippen LogP contribution in [0.5, 0.6) is 5.75 Å². The maximum Gasteiger partial charge on any atom is 0.137 e. The van der Waals surface area contributed by atoms with Gasteiger partial charge < -0.3 is 10.4 Å². The van der Waals surface area contributed by atoms with Gasteiger partial charge in [0, 0.05) is 37.8 Å². The minimum absolute atomic E-state index is 0. The van der Waals surface area contributed by atoms with Crippen molar-refractivity contribution in [2.24, 2.45) is 0 Å². The first kappa shape index (κ1) is 21.7. The van der Waals surface area contributed by atoms with E-state index in [0.29, 0.717) is 10.0 Å². The molecule has 2 rings (SSSR count). The number of nitrogens with one attached hydrogen (secondary N) is 1. The number of halogens is 4. The molecule has 0 saturated carbocycles. The van der Waals surface area contributed by atoms with Gasteiger partial charge in [0.25, 0.3) is 0 Å². The van der Waals surface area contributed by atoms with E-state index in [1.165, 1.54) is 12.1 Å². The zero-order valence-corrected chi connectivity index (χ0v) is 15.4. The minimum atomic E-state index is -0.349. The molecule has 1 aliphatic heterocycles. The van der Waals surface area contributed by atoms with E-state index in [0.717, 1.165) is 39.0 Å². The average molecular weight is 416 g/mol. The predicted octanol–water partition coefficient (Wildman–Crippen LogP) is 4.05. The molecule has 1 saturated heterocycles. The lowest BCUT2D eigenvalue weighted by atomic mass is 9.98. The van der Waals surface area contributed by atoms with Gasteiger partial charge in [0.2, 0.25) is 0 Å². The fourth-order valence-corrected chi connectivity index (χ4v) is 3.00. The lowest BCUT2D eigenvalue weighted by molar-refractivity contribution is 0.160. The Hall–Kier alpha value is -0.330. The lowest BCUT2D eigenvalue weighted by Gasteiger charge is -2.35. The van der Waals surface area contributed by atoms with Gasteiger partial charge in [0.1, 0.15) is 11.6 Å². The zero-order chi connectivity index (χ0) is 14.5. The summed E-state index contributed by atoms with van der Waals surface area (Å²) in [4.78, 5) is 2.23. The Morgan fingerprint density at radius 1 is 1.36 bits per heavy atom. The van der Waals surface area contributed by atoms with Crippen LogP contribution in [0, 0.1) is 5.82 Å². The molecule has 2 N–H and O–H groups in total. The van der Waals surface area contributed by atoms with Crippen LogP contribution in [0.3, 0.4) is 0 Å². The number of aromatic hydroxyl groups is 1. The number of phenolic OH excluding ortho intramolecular Hbond substituents is 1. The van der Waals surface area contributed by atoms with Gasteiger partial charge in [0.15, 0.2) is 0 Å². The van der Waals surface area contributed by atoms with Crippen molar-refractivity contribution in [3.8, 4) is 5.75 Å². The third kappa shape index (κ3) is 5.10. The maximum absolute atomic E-state index is 14.2. The molecule has 0 unspecified atom stereocenters. The number of hydrogen-bond donors (Lipinski definition) is 2. The molecule has 0 radical (unpaired) electrons. The first-order valence-corrected chi connectivity index (χ1v) is 7.67. The van der Waals surface area contributed by atoms with E-state index in [1.54, 1.807) is 0 Å². The van der Waals surface area contributed by atoms with Crippen molar-refractivity contribution in [1.29, 1.82) is 0 Å². The number of rotatable bonds is 5. The van der Waals surface area contributed by atoms with Crippen molar-refractivity contribution in [2.75, 3.05) is 26.2 Å². The van der Waals surface area contributed by atoms with Crippen molar-refractivity contribution < 1.29 is 9.50 Å². The molecule has 0 aromatic heterocycles. The van der Waals surface area contributed by atoms with E-state index < -0.39 is 0 Å². The Morgan fingerprint density at radius 2 is 2.00 bits per heavy atom. The van der Waals surface area contributed by atoms with E-state index in [1.807, 2.05) is 6.08 Å². The van der Waals surface area contributed by atoms with E-state index in [2.05, 4.69) is 32.7 Å². The van der Waals surface area contributed by atoms with E-state index >= 15 is 0 Å². The number of phenols is 1. The standard InChI is InChI=1S/C15H20BrFN2O.2ClH/c1-2-3-4-13(19-9-7-18-8-10-19)14-12(17)6-5-11(16)15(14)20;;/h2,5-6,13,18,20H,1,3-4,7-10H2;2*1H/t13-;;/m0../s1. The molecule has 0 aliphatic carbocycles. The van der Waals surface area contributed by atoms with Gasteiger partial charge in [0.05, 0.1) is 4.47 Å². The highest BCUT2D eigenvalue weighted by Gasteiger charge is 2.27. The first-order valence-electron chi connectivity index (χ1n) is 6.87. The molecule has 0 amide bonds. The van der Waals surface area contributed by atoms with Crippen LogP contribution in [0.15, 0.2) is 29.3 Å². The third-order valence-electron chi connectivity index (χ3n) is 3.68. The lowest BCUT2D eigenvalue weighted by Crippen LogP contribution is -2.45. The second-order valence-electron chi connectivity index (χ2n) is 4.96. The third-order valence-corrected chi connectivity index (χ3v) is 4.32. The number of piperazine rings is 1. The van der Waals surface area contributed by atoms with Gasteiger partial charge >= 0.3 is 0 Å². The summed E-state index contributed by atoms with van der Waals surface area (Å²) in [5.41, 5.74) is 0.392. The monoisotopic (exact) mass is 414 g/mol. The van der Waals surface area contributed by atoms with Crippen LogP contribution < -0.4 is 5.32 Å². The van der Waals surface area contributed by atoms with Crippen LogP contribution in [-0.2, 0) is 0 Å². The van der Waals surface area contributed by atoms with Crippen LogP contribution in [0.25, 0.3) is 0 Å². The van der Waals surface area contributed by atoms with Gasteiger partial charge in [-0.2, -0.15) is 0 Å². The van der Waals surface area contributed by atoms with Crippen LogP contribution >= 0.6 is 40.7 Å². The Bertz CT molecular complexity index is 485. The van der Waals surface area contributed by atoms with Crippen LogP contribution in [0.1, 0.15) is 24.4 Å². The Morgan fingerprint density at radius 3 is 2.59 bits per heavy atom. The summed E-state index contributed by atoms with van der Waals surface area (Å²) >= 11 is 3.27. The first-order chi connectivity index (χ1) is 9.65. The van der Waals surface area contributed by atoms with Crippen molar-refractivity contribution in [3.05, 3.63) is 40.6 Å².